The second kappa shape index (κ2) is 5.86. The minimum absolute atomic E-state index is 0.0831. The number of nitrogens with zero attached hydrogens (tertiary/aromatic N) is 1. The molecule has 0 N–H and O–H groups in total. The number of allylic oxidation sites excluding steroid dienone is 1. The molecule has 1 heterocycles. The largest absolute Gasteiger partial charge is 0.534 e. The highest BCUT2D eigenvalue weighted by atomic mass is 16.8. The molecule has 1 saturated carbocycles. The summed E-state index contributed by atoms with van der Waals surface area (Å²) in [5.41, 5.74) is 0. The second-order valence-corrected chi connectivity index (χ2v) is 4.79. The van der Waals surface area contributed by atoms with Crippen LogP contribution in [0.4, 0.5) is 4.79 Å². The van der Waals surface area contributed by atoms with Crippen LogP contribution < -0.4 is 0 Å². The van der Waals surface area contributed by atoms with Gasteiger partial charge in [-0.1, -0.05) is 11.1 Å². The van der Waals surface area contributed by atoms with Gasteiger partial charge in [0.1, 0.15) is 6.10 Å². The Labute approximate surface area is 111 Å². The lowest BCUT2D eigenvalue weighted by Crippen LogP contribution is -2.32. The zero-order valence-electron chi connectivity index (χ0n) is 10.7. The summed E-state index contributed by atoms with van der Waals surface area (Å²) in [6.07, 6.45) is 4.66. The lowest BCUT2D eigenvalue weighted by molar-refractivity contribution is -0.177. The van der Waals surface area contributed by atoms with Crippen molar-refractivity contribution in [1.29, 1.82) is 0 Å². The Bertz CT molecular complexity index is 390. The summed E-state index contributed by atoms with van der Waals surface area (Å²) < 4.78 is 5.03. The van der Waals surface area contributed by atoms with Crippen molar-refractivity contribution >= 4 is 18.0 Å². The highest BCUT2D eigenvalue weighted by molar-refractivity contribution is 6.01. The van der Waals surface area contributed by atoms with Crippen LogP contribution in [0, 0.1) is 5.92 Å². The van der Waals surface area contributed by atoms with Crippen molar-refractivity contribution in [2.75, 3.05) is 0 Å². The molecule has 2 atom stereocenters. The molecule has 2 rings (SSSR count). The van der Waals surface area contributed by atoms with E-state index in [1.54, 1.807) is 0 Å². The Hall–Kier alpha value is -1.85. The zero-order chi connectivity index (χ0) is 13.8. The van der Waals surface area contributed by atoms with Gasteiger partial charge < -0.3 is 4.74 Å². The van der Waals surface area contributed by atoms with Gasteiger partial charge in [-0.2, -0.15) is 0 Å². The smallest absolute Gasteiger partial charge is 0.429 e. The van der Waals surface area contributed by atoms with Crippen molar-refractivity contribution in [2.24, 2.45) is 5.92 Å². The monoisotopic (exact) mass is 267 g/mol. The number of amides is 2. The molecule has 0 radical (unpaired) electrons. The summed E-state index contributed by atoms with van der Waals surface area (Å²) in [7, 11) is 0. The van der Waals surface area contributed by atoms with E-state index in [9.17, 15) is 14.4 Å². The number of unbranched alkanes of at least 4 members (excludes halogenated alkanes) is 1. The Kier molecular flexibility index (Phi) is 4.19. The highest BCUT2D eigenvalue weighted by Gasteiger charge is 2.42. The third kappa shape index (κ3) is 3.56. The van der Waals surface area contributed by atoms with Crippen LogP contribution in [0.5, 0.6) is 0 Å². The maximum absolute atomic E-state index is 11.4. The first-order valence-corrected chi connectivity index (χ1v) is 6.47. The van der Waals surface area contributed by atoms with Crippen LogP contribution in [0.1, 0.15) is 38.5 Å². The molecule has 1 saturated heterocycles. The van der Waals surface area contributed by atoms with Gasteiger partial charge in [-0.3, -0.25) is 14.4 Å². The van der Waals surface area contributed by atoms with Crippen molar-refractivity contribution in [3.05, 3.63) is 12.7 Å². The van der Waals surface area contributed by atoms with Gasteiger partial charge in [-0.25, -0.2) is 4.79 Å². The summed E-state index contributed by atoms with van der Waals surface area (Å²) in [6, 6.07) is 0. The first kappa shape index (κ1) is 13.6. The van der Waals surface area contributed by atoms with Gasteiger partial charge in [0.15, 0.2) is 0 Å². The minimum Gasteiger partial charge on any atom is -0.429 e. The molecule has 0 spiro atoms. The molecular weight excluding hydrogens is 250 g/mol. The van der Waals surface area contributed by atoms with Gasteiger partial charge in [0.2, 0.25) is 0 Å². The molecule has 19 heavy (non-hydrogen) atoms. The lowest BCUT2D eigenvalue weighted by atomic mass is 10.2. The van der Waals surface area contributed by atoms with Crippen molar-refractivity contribution in [3.63, 3.8) is 0 Å². The van der Waals surface area contributed by atoms with E-state index in [1.165, 1.54) is 0 Å². The maximum Gasteiger partial charge on any atom is 0.534 e. The standard InChI is InChI=1S/C13H17NO5/c1-2-3-4-5-9-8-10(9)18-13(17)19-14-11(15)6-7-12(14)16/h2,9-10H,1,3-8H2/t9?,10-/m1/s1. The van der Waals surface area contributed by atoms with Crippen LogP contribution in [0.25, 0.3) is 0 Å². The number of carbonyl (C=O) groups excluding carboxylic acids is 3. The number of imide groups is 1. The molecule has 0 aromatic carbocycles. The van der Waals surface area contributed by atoms with Crippen LogP contribution >= 0.6 is 0 Å². The van der Waals surface area contributed by atoms with E-state index in [0.29, 0.717) is 11.0 Å². The molecule has 1 aliphatic carbocycles. The molecule has 2 fully saturated rings. The van der Waals surface area contributed by atoms with Gasteiger partial charge in [0.05, 0.1) is 0 Å². The quantitative estimate of drug-likeness (QED) is 0.318. The summed E-state index contributed by atoms with van der Waals surface area (Å²) >= 11 is 0. The number of hydrogen-bond acceptors (Lipinski definition) is 5. The van der Waals surface area contributed by atoms with Crippen molar-refractivity contribution in [3.8, 4) is 0 Å². The normalized spacial score (nSPS) is 25.4. The highest BCUT2D eigenvalue weighted by Crippen LogP contribution is 2.38. The maximum atomic E-state index is 11.4. The number of hydrogen-bond donors (Lipinski definition) is 0. The van der Waals surface area contributed by atoms with E-state index >= 15 is 0 Å². The van der Waals surface area contributed by atoms with Crippen LogP contribution in [-0.4, -0.2) is 29.1 Å². The van der Waals surface area contributed by atoms with E-state index in [-0.39, 0.29) is 18.9 Å². The Morgan fingerprint density at radius 2 is 2.05 bits per heavy atom. The van der Waals surface area contributed by atoms with Crippen molar-refractivity contribution in [1.82, 2.24) is 5.06 Å². The van der Waals surface area contributed by atoms with Crippen LogP contribution in [0.2, 0.25) is 0 Å². The van der Waals surface area contributed by atoms with Gasteiger partial charge in [0, 0.05) is 12.8 Å². The van der Waals surface area contributed by atoms with E-state index in [2.05, 4.69) is 11.4 Å². The molecule has 6 heteroatoms. The predicted molar refractivity (Wildman–Crippen MR) is 64.6 cm³/mol. The average molecular weight is 267 g/mol. The van der Waals surface area contributed by atoms with Crippen LogP contribution in [0.15, 0.2) is 12.7 Å². The van der Waals surface area contributed by atoms with Crippen molar-refractivity contribution < 1.29 is 24.0 Å². The van der Waals surface area contributed by atoms with Gasteiger partial charge >= 0.3 is 6.16 Å². The number of ether oxygens (including phenoxy) is 1. The molecule has 0 bridgehead atoms. The predicted octanol–water partition coefficient (Wildman–Crippen LogP) is 1.95. The number of hydroxylamine groups is 2. The first-order chi connectivity index (χ1) is 9.11. The van der Waals surface area contributed by atoms with E-state index < -0.39 is 18.0 Å². The number of rotatable bonds is 6. The molecule has 2 amide bonds. The van der Waals surface area contributed by atoms with Gasteiger partial charge in [-0.05, 0) is 31.6 Å². The first-order valence-electron chi connectivity index (χ1n) is 6.47. The second-order valence-electron chi connectivity index (χ2n) is 4.79. The fourth-order valence-corrected chi connectivity index (χ4v) is 2.07. The fourth-order valence-electron chi connectivity index (χ4n) is 2.07. The Morgan fingerprint density at radius 1 is 1.37 bits per heavy atom. The third-order valence-corrected chi connectivity index (χ3v) is 3.26. The summed E-state index contributed by atoms with van der Waals surface area (Å²) in [5.74, 6) is -0.641. The van der Waals surface area contributed by atoms with Crippen molar-refractivity contribution in [2.45, 2.75) is 44.6 Å². The Balaban J connectivity index is 1.67. The number of carbonyl (C=O) groups is 3. The third-order valence-electron chi connectivity index (χ3n) is 3.26. The van der Waals surface area contributed by atoms with Gasteiger partial charge in [0.25, 0.3) is 11.8 Å². The summed E-state index contributed by atoms with van der Waals surface area (Å²) in [6.45, 7) is 3.64. The summed E-state index contributed by atoms with van der Waals surface area (Å²) in [4.78, 5) is 38.5. The lowest BCUT2D eigenvalue weighted by Gasteiger charge is -2.12. The molecule has 1 unspecified atom stereocenters. The molecule has 2 aliphatic rings. The molecule has 0 aromatic rings. The molecular formula is C13H17NO5. The molecule has 104 valence electrons. The zero-order valence-corrected chi connectivity index (χ0v) is 10.7. The Morgan fingerprint density at radius 3 is 2.68 bits per heavy atom. The molecule has 0 aromatic heterocycles. The van der Waals surface area contributed by atoms with Gasteiger partial charge in [-0.15, -0.1) is 6.58 Å². The van der Waals surface area contributed by atoms with Crippen LogP contribution in [-0.2, 0) is 19.2 Å². The summed E-state index contributed by atoms with van der Waals surface area (Å²) in [5, 5.41) is 0.497. The average Bonchev–Trinajstić information content (AvgIpc) is 3.03. The van der Waals surface area contributed by atoms with E-state index in [1.807, 2.05) is 6.08 Å². The topological polar surface area (TPSA) is 72.9 Å². The molecule has 1 aliphatic heterocycles. The molecule has 6 nitrogen and oxygen atoms in total. The fraction of sp³-hybridized carbons (Fsp3) is 0.615. The van der Waals surface area contributed by atoms with Crippen LogP contribution in [0.3, 0.4) is 0 Å². The SMILES string of the molecule is C=CCCCC1C[C@H]1OC(=O)ON1C(=O)CCC1=O. The minimum atomic E-state index is -0.972. The van der Waals surface area contributed by atoms with E-state index in [0.717, 1.165) is 25.7 Å². The van der Waals surface area contributed by atoms with E-state index in [4.69, 9.17) is 4.74 Å².